The number of ether oxygens (including phenoxy) is 1. The number of carbonyl (C=O) groups is 2. The van der Waals surface area contributed by atoms with Crippen molar-refractivity contribution < 1.29 is 14.3 Å². The Bertz CT molecular complexity index is 522. The summed E-state index contributed by atoms with van der Waals surface area (Å²) < 4.78 is 5.02. The van der Waals surface area contributed by atoms with E-state index in [0.717, 1.165) is 6.42 Å². The number of Topliss-reactive ketones (excluding diaryl/α,β-unsaturated/α-hetero) is 1. The SMILES string of the molecule is O=C(CCC1CCCC1)OCC(=O)c1ccc(Cl)c(Cl)c1. The Morgan fingerprint density at radius 1 is 1.14 bits per heavy atom. The van der Waals surface area contributed by atoms with Crippen LogP contribution in [-0.2, 0) is 9.53 Å². The molecule has 3 nitrogen and oxygen atoms in total. The quantitative estimate of drug-likeness (QED) is 0.562. The van der Waals surface area contributed by atoms with Gasteiger partial charge in [-0.2, -0.15) is 0 Å². The first-order valence-corrected chi connectivity index (χ1v) is 7.95. The van der Waals surface area contributed by atoms with Gasteiger partial charge in [0.15, 0.2) is 12.4 Å². The van der Waals surface area contributed by atoms with E-state index in [1.165, 1.54) is 31.7 Å². The number of ketones is 1. The summed E-state index contributed by atoms with van der Waals surface area (Å²) in [7, 11) is 0. The molecule has 0 bridgehead atoms. The van der Waals surface area contributed by atoms with E-state index in [1.807, 2.05) is 0 Å². The second-order valence-corrected chi connectivity index (χ2v) is 6.22. The van der Waals surface area contributed by atoms with Crippen molar-refractivity contribution in [1.29, 1.82) is 0 Å². The maximum Gasteiger partial charge on any atom is 0.306 e. The third-order valence-electron chi connectivity index (χ3n) is 3.84. The molecule has 1 aliphatic carbocycles. The van der Waals surface area contributed by atoms with E-state index in [0.29, 0.717) is 27.9 Å². The lowest BCUT2D eigenvalue weighted by Crippen LogP contribution is -2.14. The number of carbonyl (C=O) groups excluding carboxylic acids is 2. The molecule has 0 radical (unpaired) electrons. The van der Waals surface area contributed by atoms with Gasteiger partial charge in [-0.15, -0.1) is 0 Å². The molecule has 1 fully saturated rings. The Balaban J connectivity index is 1.74. The van der Waals surface area contributed by atoms with Gasteiger partial charge >= 0.3 is 5.97 Å². The smallest absolute Gasteiger partial charge is 0.306 e. The predicted octanol–water partition coefficient (Wildman–Crippen LogP) is 4.69. The Hall–Kier alpha value is -1.06. The van der Waals surface area contributed by atoms with E-state index in [2.05, 4.69) is 0 Å². The minimum Gasteiger partial charge on any atom is -0.457 e. The van der Waals surface area contributed by atoms with Crippen molar-refractivity contribution in [2.75, 3.05) is 6.61 Å². The zero-order valence-corrected chi connectivity index (χ0v) is 13.3. The van der Waals surface area contributed by atoms with Gasteiger partial charge in [0.25, 0.3) is 0 Å². The number of hydrogen-bond acceptors (Lipinski definition) is 3. The van der Waals surface area contributed by atoms with Crippen molar-refractivity contribution in [2.45, 2.75) is 38.5 Å². The third-order valence-corrected chi connectivity index (χ3v) is 4.58. The van der Waals surface area contributed by atoms with Crippen LogP contribution in [0.5, 0.6) is 0 Å². The Kier molecular flexibility index (Phi) is 6.07. The highest BCUT2D eigenvalue weighted by Gasteiger charge is 2.17. The van der Waals surface area contributed by atoms with E-state index < -0.39 is 0 Å². The summed E-state index contributed by atoms with van der Waals surface area (Å²) >= 11 is 11.6. The third kappa shape index (κ3) is 5.01. The second-order valence-electron chi connectivity index (χ2n) is 5.40. The van der Waals surface area contributed by atoms with Crippen LogP contribution in [0.1, 0.15) is 48.9 Å². The summed E-state index contributed by atoms with van der Waals surface area (Å²) in [5.41, 5.74) is 0.396. The van der Waals surface area contributed by atoms with Crippen LogP contribution in [-0.4, -0.2) is 18.4 Å². The highest BCUT2D eigenvalue weighted by molar-refractivity contribution is 6.42. The molecule has 0 spiro atoms. The molecule has 0 amide bonds. The highest BCUT2D eigenvalue weighted by atomic mass is 35.5. The van der Waals surface area contributed by atoms with E-state index in [9.17, 15) is 9.59 Å². The average molecular weight is 329 g/mol. The van der Waals surface area contributed by atoms with Gasteiger partial charge in [-0.3, -0.25) is 9.59 Å². The van der Waals surface area contributed by atoms with Gasteiger partial charge < -0.3 is 4.74 Å². The minimum absolute atomic E-state index is 0.249. The number of benzene rings is 1. The minimum atomic E-state index is -0.310. The summed E-state index contributed by atoms with van der Waals surface area (Å²) in [4.78, 5) is 23.5. The summed E-state index contributed by atoms with van der Waals surface area (Å²) in [6.45, 7) is -0.249. The van der Waals surface area contributed by atoms with Gasteiger partial charge in [-0.05, 0) is 30.5 Å². The van der Waals surface area contributed by atoms with Crippen molar-refractivity contribution in [3.63, 3.8) is 0 Å². The van der Waals surface area contributed by atoms with Crippen molar-refractivity contribution in [3.05, 3.63) is 33.8 Å². The van der Waals surface area contributed by atoms with Crippen molar-refractivity contribution >= 4 is 35.0 Å². The van der Waals surface area contributed by atoms with Crippen LogP contribution in [0, 0.1) is 5.92 Å². The van der Waals surface area contributed by atoms with Crippen LogP contribution < -0.4 is 0 Å². The predicted molar refractivity (Wildman–Crippen MR) is 82.9 cm³/mol. The number of halogens is 2. The highest BCUT2D eigenvalue weighted by Crippen LogP contribution is 2.28. The van der Waals surface area contributed by atoms with E-state index in [1.54, 1.807) is 12.1 Å². The van der Waals surface area contributed by atoms with Gasteiger partial charge in [-0.25, -0.2) is 0 Å². The number of hydrogen-bond donors (Lipinski definition) is 0. The van der Waals surface area contributed by atoms with Crippen LogP contribution >= 0.6 is 23.2 Å². The Morgan fingerprint density at radius 3 is 2.52 bits per heavy atom. The van der Waals surface area contributed by atoms with Crippen LogP contribution in [0.2, 0.25) is 10.0 Å². The van der Waals surface area contributed by atoms with Crippen LogP contribution in [0.4, 0.5) is 0 Å². The molecule has 1 aromatic rings. The standard InChI is InChI=1S/C16H18Cl2O3/c17-13-7-6-12(9-14(13)18)15(19)10-21-16(20)8-5-11-3-1-2-4-11/h6-7,9,11H,1-5,8,10H2. The largest absolute Gasteiger partial charge is 0.457 e. The van der Waals surface area contributed by atoms with Crippen LogP contribution in [0.15, 0.2) is 18.2 Å². The monoisotopic (exact) mass is 328 g/mol. The first-order chi connectivity index (χ1) is 10.1. The van der Waals surface area contributed by atoms with E-state index >= 15 is 0 Å². The molecular formula is C16H18Cl2O3. The average Bonchev–Trinajstić information content (AvgIpc) is 2.98. The molecular weight excluding hydrogens is 311 g/mol. The summed E-state index contributed by atoms with van der Waals surface area (Å²) in [5, 5.41) is 0.705. The zero-order valence-electron chi connectivity index (χ0n) is 11.7. The molecule has 0 aliphatic heterocycles. The maximum atomic E-state index is 11.9. The molecule has 114 valence electrons. The molecule has 1 saturated carbocycles. The van der Waals surface area contributed by atoms with Gasteiger partial charge in [0.05, 0.1) is 10.0 Å². The maximum absolute atomic E-state index is 11.9. The molecule has 0 unspecified atom stereocenters. The van der Waals surface area contributed by atoms with E-state index in [-0.39, 0.29) is 18.4 Å². The topological polar surface area (TPSA) is 43.4 Å². The van der Waals surface area contributed by atoms with Gasteiger partial charge in [0.1, 0.15) is 0 Å². The first kappa shape index (κ1) is 16.3. The fourth-order valence-electron chi connectivity index (χ4n) is 2.59. The van der Waals surface area contributed by atoms with Gasteiger partial charge in [0, 0.05) is 12.0 Å². The van der Waals surface area contributed by atoms with Crippen LogP contribution in [0.3, 0.4) is 0 Å². The lowest BCUT2D eigenvalue weighted by Gasteiger charge is -2.08. The molecule has 0 aromatic heterocycles. The summed E-state index contributed by atoms with van der Waals surface area (Å²) in [5.74, 6) is 0.0569. The molecule has 1 aliphatic rings. The molecule has 0 heterocycles. The van der Waals surface area contributed by atoms with Crippen molar-refractivity contribution in [3.8, 4) is 0 Å². The zero-order chi connectivity index (χ0) is 15.2. The fourth-order valence-corrected chi connectivity index (χ4v) is 2.89. The number of rotatable bonds is 6. The molecule has 0 N–H and O–H groups in total. The lowest BCUT2D eigenvalue weighted by molar-refractivity contribution is -0.142. The Labute approximate surface area is 134 Å². The van der Waals surface area contributed by atoms with Crippen molar-refractivity contribution in [2.24, 2.45) is 5.92 Å². The summed E-state index contributed by atoms with van der Waals surface area (Å²) in [6.07, 6.45) is 6.18. The van der Waals surface area contributed by atoms with Crippen LogP contribution in [0.25, 0.3) is 0 Å². The molecule has 5 heteroatoms. The summed E-state index contributed by atoms with van der Waals surface area (Å²) in [6, 6.07) is 4.61. The number of esters is 1. The van der Waals surface area contributed by atoms with Crippen molar-refractivity contribution in [1.82, 2.24) is 0 Å². The second kappa shape index (κ2) is 7.81. The van der Waals surface area contributed by atoms with Gasteiger partial charge in [-0.1, -0.05) is 48.9 Å². The lowest BCUT2D eigenvalue weighted by atomic mass is 10.0. The van der Waals surface area contributed by atoms with Gasteiger partial charge in [0.2, 0.25) is 0 Å². The first-order valence-electron chi connectivity index (χ1n) is 7.20. The van der Waals surface area contributed by atoms with E-state index in [4.69, 9.17) is 27.9 Å². The Morgan fingerprint density at radius 2 is 1.86 bits per heavy atom. The normalized spacial score (nSPS) is 15.1. The fraction of sp³-hybridized carbons (Fsp3) is 0.500. The molecule has 2 rings (SSSR count). The molecule has 0 saturated heterocycles. The molecule has 0 atom stereocenters. The molecule has 1 aromatic carbocycles. The molecule has 21 heavy (non-hydrogen) atoms.